The summed E-state index contributed by atoms with van der Waals surface area (Å²) in [5, 5.41) is 0. The Balaban J connectivity index is 2.02. The van der Waals surface area contributed by atoms with E-state index in [1.54, 1.807) is 0 Å². The highest BCUT2D eigenvalue weighted by Gasteiger charge is 2.30. The molecule has 0 radical (unpaired) electrons. The van der Waals surface area contributed by atoms with Gasteiger partial charge in [-0.25, -0.2) is 0 Å². The van der Waals surface area contributed by atoms with Gasteiger partial charge in [0.15, 0.2) is 0 Å². The lowest BCUT2D eigenvalue weighted by molar-refractivity contribution is 0.00827. The summed E-state index contributed by atoms with van der Waals surface area (Å²) in [4.78, 5) is 0. The topological polar surface area (TPSA) is 47.3 Å². The Kier molecular flexibility index (Phi) is 6.02. The lowest BCUT2D eigenvalue weighted by Crippen LogP contribution is -2.49. The van der Waals surface area contributed by atoms with Gasteiger partial charge in [-0.2, -0.15) is 0 Å². The van der Waals surface area contributed by atoms with Crippen molar-refractivity contribution in [1.82, 2.24) is 5.43 Å². The van der Waals surface area contributed by atoms with Gasteiger partial charge in [0.2, 0.25) is 0 Å². The fraction of sp³-hybridized carbons (Fsp3) is 0.647. The van der Waals surface area contributed by atoms with Gasteiger partial charge in [0.05, 0.1) is 12.1 Å². The third kappa shape index (κ3) is 4.05. The molecule has 2 rings (SSSR count). The van der Waals surface area contributed by atoms with Gasteiger partial charge in [-0.1, -0.05) is 49.1 Å². The third-order valence-corrected chi connectivity index (χ3v) is 4.57. The summed E-state index contributed by atoms with van der Waals surface area (Å²) in [6, 6.07) is 8.88. The molecule has 3 N–H and O–H groups in total. The van der Waals surface area contributed by atoms with Crippen molar-refractivity contribution in [2.45, 2.75) is 57.6 Å². The molecule has 0 saturated heterocycles. The largest absolute Gasteiger partial charge is 0.379 e. The first kappa shape index (κ1) is 15.5. The van der Waals surface area contributed by atoms with Gasteiger partial charge in [0, 0.05) is 7.11 Å². The number of benzene rings is 1. The molecule has 1 aliphatic carbocycles. The Hall–Kier alpha value is -0.900. The van der Waals surface area contributed by atoms with E-state index in [1.165, 1.54) is 43.2 Å². The maximum Gasteiger partial charge on any atom is 0.0769 e. The number of hydrogen-bond acceptors (Lipinski definition) is 3. The zero-order valence-electron chi connectivity index (χ0n) is 12.8. The number of nitrogens with two attached hydrogens (primary N) is 1. The van der Waals surface area contributed by atoms with E-state index in [-0.39, 0.29) is 12.1 Å². The Morgan fingerprint density at radius 2 is 1.85 bits per heavy atom. The van der Waals surface area contributed by atoms with Crippen LogP contribution in [-0.4, -0.2) is 19.3 Å². The average molecular weight is 276 g/mol. The summed E-state index contributed by atoms with van der Waals surface area (Å²) in [7, 11) is 1.82. The first-order valence-electron chi connectivity index (χ1n) is 7.79. The monoisotopic (exact) mass is 276 g/mol. The standard InChI is InChI=1S/C17H28N2O/c1-13-8-10-14(11-9-13)12-16(19-18)17(20-2)15-6-4-3-5-7-15/h8-11,15-17,19H,3-7,12,18H2,1-2H3. The predicted octanol–water partition coefficient (Wildman–Crippen LogP) is 2.96. The minimum absolute atomic E-state index is 0.186. The van der Waals surface area contributed by atoms with Crippen LogP contribution in [0.25, 0.3) is 0 Å². The fourth-order valence-electron chi connectivity index (χ4n) is 3.40. The summed E-state index contributed by atoms with van der Waals surface area (Å²) < 4.78 is 5.80. The summed E-state index contributed by atoms with van der Waals surface area (Å²) >= 11 is 0. The van der Waals surface area contributed by atoms with Crippen LogP contribution < -0.4 is 11.3 Å². The molecule has 3 heteroatoms. The van der Waals surface area contributed by atoms with Crippen LogP contribution in [0, 0.1) is 12.8 Å². The van der Waals surface area contributed by atoms with Gasteiger partial charge >= 0.3 is 0 Å². The van der Waals surface area contributed by atoms with Gasteiger partial charge in [0.1, 0.15) is 0 Å². The van der Waals surface area contributed by atoms with Crippen LogP contribution in [-0.2, 0) is 11.2 Å². The normalized spacial score (nSPS) is 19.8. The minimum Gasteiger partial charge on any atom is -0.379 e. The molecule has 1 aromatic rings. The molecule has 3 nitrogen and oxygen atoms in total. The van der Waals surface area contributed by atoms with Crippen molar-refractivity contribution >= 4 is 0 Å². The van der Waals surface area contributed by atoms with Gasteiger partial charge < -0.3 is 4.74 Å². The molecule has 0 amide bonds. The molecule has 1 aliphatic rings. The predicted molar refractivity (Wildman–Crippen MR) is 83.4 cm³/mol. The van der Waals surface area contributed by atoms with Crippen molar-refractivity contribution in [3.05, 3.63) is 35.4 Å². The molecule has 0 spiro atoms. The SMILES string of the molecule is COC(C1CCCCC1)C(Cc1ccc(C)cc1)NN. The van der Waals surface area contributed by atoms with Crippen LogP contribution in [0.3, 0.4) is 0 Å². The molecule has 20 heavy (non-hydrogen) atoms. The van der Waals surface area contributed by atoms with E-state index < -0.39 is 0 Å². The highest BCUT2D eigenvalue weighted by atomic mass is 16.5. The van der Waals surface area contributed by atoms with Gasteiger partial charge in [-0.3, -0.25) is 11.3 Å². The molecule has 1 aromatic carbocycles. The second-order valence-corrected chi connectivity index (χ2v) is 6.06. The molecule has 0 aromatic heterocycles. The fourth-order valence-corrected chi connectivity index (χ4v) is 3.40. The van der Waals surface area contributed by atoms with Crippen LogP contribution in [0.15, 0.2) is 24.3 Å². The first-order chi connectivity index (χ1) is 9.74. The maximum atomic E-state index is 5.80. The van der Waals surface area contributed by atoms with E-state index in [9.17, 15) is 0 Å². The number of ether oxygens (including phenoxy) is 1. The lowest BCUT2D eigenvalue weighted by Gasteiger charge is -2.34. The number of hydrogen-bond donors (Lipinski definition) is 2. The number of aryl methyl sites for hydroxylation is 1. The van der Waals surface area contributed by atoms with Crippen molar-refractivity contribution in [2.24, 2.45) is 11.8 Å². The molecule has 0 aliphatic heterocycles. The molecular weight excluding hydrogens is 248 g/mol. The van der Waals surface area contributed by atoms with Gasteiger partial charge in [-0.15, -0.1) is 0 Å². The summed E-state index contributed by atoms with van der Waals surface area (Å²) in [5.41, 5.74) is 5.60. The average Bonchev–Trinajstić information content (AvgIpc) is 2.50. The highest BCUT2D eigenvalue weighted by molar-refractivity contribution is 5.22. The lowest BCUT2D eigenvalue weighted by atomic mass is 9.81. The molecule has 112 valence electrons. The van der Waals surface area contributed by atoms with Crippen molar-refractivity contribution < 1.29 is 4.74 Å². The summed E-state index contributed by atoms with van der Waals surface area (Å²) in [6.07, 6.45) is 7.69. The Morgan fingerprint density at radius 3 is 2.40 bits per heavy atom. The zero-order chi connectivity index (χ0) is 14.4. The number of hydrazine groups is 1. The molecule has 0 bridgehead atoms. The second kappa shape index (κ2) is 7.77. The van der Waals surface area contributed by atoms with Crippen LogP contribution in [0.2, 0.25) is 0 Å². The molecule has 0 heterocycles. The van der Waals surface area contributed by atoms with Crippen molar-refractivity contribution in [2.75, 3.05) is 7.11 Å². The zero-order valence-corrected chi connectivity index (χ0v) is 12.8. The maximum absolute atomic E-state index is 5.80. The Labute approximate surface area is 122 Å². The van der Waals surface area contributed by atoms with E-state index in [0.717, 1.165) is 6.42 Å². The van der Waals surface area contributed by atoms with Crippen LogP contribution in [0.5, 0.6) is 0 Å². The van der Waals surface area contributed by atoms with Gasteiger partial charge in [0.25, 0.3) is 0 Å². The second-order valence-electron chi connectivity index (χ2n) is 6.06. The Bertz CT molecular complexity index is 384. The number of methoxy groups -OCH3 is 1. The van der Waals surface area contributed by atoms with E-state index in [4.69, 9.17) is 10.6 Å². The quantitative estimate of drug-likeness (QED) is 0.620. The van der Waals surface area contributed by atoms with Crippen molar-refractivity contribution in [3.8, 4) is 0 Å². The summed E-state index contributed by atoms with van der Waals surface area (Å²) in [5.74, 6) is 6.44. The summed E-state index contributed by atoms with van der Waals surface area (Å²) in [6.45, 7) is 2.11. The molecule has 1 fully saturated rings. The number of rotatable bonds is 6. The van der Waals surface area contributed by atoms with Crippen LogP contribution in [0.1, 0.15) is 43.2 Å². The minimum atomic E-state index is 0.186. The molecule has 1 saturated carbocycles. The Morgan fingerprint density at radius 1 is 1.20 bits per heavy atom. The molecule has 2 atom stereocenters. The van der Waals surface area contributed by atoms with E-state index >= 15 is 0 Å². The highest BCUT2D eigenvalue weighted by Crippen LogP contribution is 2.30. The first-order valence-corrected chi connectivity index (χ1v) is 7.79. The molecule has 2 unspecified atom stereocenters. The number of nitrogens with one attached hydrogen (secondary N) is 1. The van der Waals surface area contributed by atoms with Crippen LogP contribution >= 0.6 is 0 Å². The van der Waals surface area contributed by atoms with Crippen molar-refractivity contribution in [1.29, 1.82) is 0 Å². The molecular formula is C17H28N2O. The van der Waals surface area contributed by atoms with Crippen molar-refractivity contribution in [3.63, 3.8) is 0 Å². The smallest absolute Gasteiger partial charge is 0.0769 e. The van der Waals surface area contributed by atoms with E-state index in [1.807, 2.05) is 7.11 Å². The van der Waals surface area contributed by atoms with E-state index in [2.05, 4.69) is 36.6 Å². The third-order valence-electron chi connectivity index (χ3n) is 4.57. The van der Waals surface area contributed by atoms with Crippen LogP contribution in [0.4, 0.5) is 0 Å². The van der Waals surface area contributed by atoms with E-state index in [0.29, 0.717) is 5.92 Å². The van der Waals surface area contributed by atoms with Gasteiger partial charge in [-0.05, 0) is 37.7 Å².